The number of rotatable bonds is 1. The third kappa shape index (κ3) is 1.10. The zero-order chi connectivity index (χ0) is 7.90. The minimum atomic E-state index is 0.229. The van der Waals surface area contributed by atoms with Crippen LogP contribution in [-0.4, -0.2) is 12.7 Å². The second kappa shape index (κ2) is 2.48. The average Bonchev–Trinajstić information content (AvgIpc) is 2.44. The fourth-order valence-corrected chi connectivity index (χ4v) is 2.86. The highest BCUT2D eigenvalue weighted by Crippen LogP contribution is 2.48. The van der Waals surface area contributed by atoms with E-state index >= 15 is 0 Å². The molecule has 0 N–H and O–H groups in total. The molecule has 64 valence electrons. The second-order valence-electron chi connectivity index (χ2n) is 4.43. The molecule has 0 amide bonds. The van der Waals surface area contributed by atoms with E-state index in [1.807, 2.05) is 7.11 Å². The van der Waals surface area contributed by atoms with Crippen LogP contribution in [0.2, 0.25) is 0 Å². The predicted molar refractivity (Wildman–Crippen MR) is 45.5 cm³/mol. The Morgan fingerprint density at radius 2 is 2.09 bits per heavy atom. The topological polar surface area (TPSA) is 9.23 Å². The van der Waals surface area contributed by atoms with Crippen molar-refractivity contribution in [3.8, 4) is 0 Å². The van der Waals surface area contributed by atoms with Crippen LogP contribution in [0.15, 0.2) is 0 Å². The first-order valence-electron chi connectivity index (χ1n) is 4.80. The van der Waals surface area contributed by atoms with Crippen molar-refractivity contribution in [2.45, 2.75) is 44.6 Å². The molecule has 2 bridgehead atoms. The highest BCUT2D eigenvalue weighted by Gasteiger charge is 2.43. The van der Waals surface area contributed by atoms with E-state index in [0.29, 0.717) is 0 Å². The van der Waals surface area contributed by atoms with E-state index in [-0.39, 0.29) is 5.60 Å². The van der Waals surface area contributed by atoms with Gasteiger partial charge in [0.2, 0.25) is 0 Å². The molecule has 0 unspecified atom stereocenters. The van der Waals surface area contributed by atoms with Gasteiger partial charge in [-0.3, -0.25) is 0 Å². The van der Waals surface area contributed by atoms with Gasteiger partial charge in [-0.05, 0) is 44.4 Å². The van der Waals surface area contributed by atoms with E-state index in [2.05, 4.69) is 6.92 Å². The van der Waals surface area contributed by atoms with Crippen molar-refractivity contribution in [1.29, 1.82) is 0 Å². The van der Waals surface area contributed by atoms with Gasteiger partial charge in [0.05, 0.1) is 5.60 Å². The van der Waals surface area contributed by atoms with Crippen LogP contribution in [0, 0.1) is 11.8 Å². The molecule has 0 aromatic carbocycles. The Morgan fingerprint density at radius 3 is 2.82 bits per heavy atom. The first-order chi connectivity index (χ1) is 5.24. The standard InChI is InChI=1S/C10H18O/c1-10(11-2)6-5-8-3-4-9(10)7-8/h8-9H,3-7H2,1-2H3/t8-,9-,10+/m0/s1. The molecule has 2 aliphatic carbocycles. The zero-order valence-electron chi connectivity index (χ0n) is 7.60. The van der Waals surface area contributed by atoms with Crippen molar-refractivity contribution >= 4 is 0 Å². The lowest BCUT2D eigenvalue weighted by atomic mass is 9.77. The molecule has 0 spiro atoms. The Hall–Kier alpha value is -0.0400. The summed E-state index contributed by atoms with van der Waals surface area (Å²) >= 11 is 0. The Bertz CT molecular complexity index is 155. The lowest BCUT2D eigenvalue weighted by Crippen LogP contribution is -2.38. The van der Waals surface area contributed by atoms with Gasteiger partial charge in [0.15, 0.2) is 0 Å². The Morgan fingerprint density at radius 1 is 1.27 bits per heavy atom. The number of ether oxygens (including phenoxy) is 1. The monoisotopic (exact) mass is 154 g/mol. The molecule has 1 heteroatoms. The fraction of sp³-hybridized carbons (Fsp3) is 1.00. The Balaban J connectivity index is 2.12. The molecule has 1 nitrogen and oxygen atoms in total. The maximum absolute atomic E-state index is 5.61. The van der Waals surface area contributed by atoms with E-state index < -0.39 is 0 Å². The predicted octanol–water partition coefficient (Wildman–Crippen LogP) is 2.60. The van der Waals surface area contributed by atoms with Gasteiger partial charge in [0.1, 0.15) is 0 Å². The van der Waals surface area contributed by atoms with Crippen LogP contribution in [0.4, 0.5) is 0 Å². The first kappa shape index (κ1) is 7.60. The van der Waals surface area contributed by atoms with Crippen molar-refractivity contribution < 1.29 is 4.74 Å². The van der Waals surface area contributed by atoms with Crippen molar-refractivity contribution in [1.82, 2.24) is 0 Å². The third-order valence-corrected chi connectivity index (χ3v) is 3.92. The van der Waals surface area contributed by atoms with Gasteiger partial charge in [-0.15, -0.1) is 0 Å². The highest BCUT2D eigenvalue weighted by molar-refractivity contribution is 4.95. The number of fused-ring (bicyclic) bond motifs is 2. The zero-order valence-corrected chi connectivity index (χ0v) is 7.60. The van der Waals surface area contributed by atoms with Crippen LogP contribution in [-0.2, 0) is 4.74 Å². The van der Waals surface area contributed by atoms with Gasteiger partial charge in [-0.25, -0.2) is 0 Å². The normalized spacial score (nSPS) is 49.6. The number of hydrogen-bond acceptors (Lipinski definition) is 1. The maximum atomic E-state index is 5.61. The summed E-state index contributed by atoms with van der Waals surface area (Å²) in [7, 11) is 1.87. The summed E-state index contributed by atoms with van der Waals surface area (Å²) in [6, 6.07) is 0. The van der Waals surface area contributed by atoms with Gasteiger partial charge in [-0.1, -0.05) is 6.42 Å². The molecule has 0 heterocycles. The van der Waals surface area contributed by atoms with E-state index in [4.69, 9.17) is 4.74 Å². The lowest BCUT2D eigenvalue weighted by Gasteiger charge is -2.38. The molecule has 0 aromatic rings. The third-order valence-electron chi connectivity index (χ3n) is 3.92. The molecule has 0 aliphatic heterocycles. The summed E-state index contributed by atoms with van der Waals surface area (Å²) in [6.45, 7) is 2.29. The molecule has 2 fully saturated rings. The molecule has 2 rings (SSSR count). The molecule has 2 saturated carbocycles. The van der Waals surface area contributed by atoms with Crippen molar-refractivity contribution in [3.63, 3.8) is 0 Å². The van der Waals surface area contributed by atoms with E-state index in [0.717, 1.165) is 11.8 Å². The molecule has 11 heavy (non-hydrogen) atoms. The SMILES string of the molecule is CO[C@]1(C)CC[C@@H]2CC[C@H]1C2. The number of methoxy groups -OCH3 is 1. The maximum Gasteiger partial charge on any atom is 0.0679 e. The molecular formula is C10H18O. The van der Waals surface area contributed by atoms with Gasteiger partial charge in [0, 0.05) is 7.11 Å². The molecular weight excluding hydrogens is 136 g/mol. The van der Waals surface area contributed by atoms with Crippen molar-refractivity contribution in [3.05, 3.63) is 0 Å². The highest BCUT2D eigenvalue weighted by atomic mass is 16.5. The summed E-state index contributed by atoms with van der Waals surface area (Å²) in [5.41, 5.74) is 0.229. The molecule has 0 radical (unpaired) electrons. The summed E-state index contributed by atoms with van der Waals surface area (Å²) in [5, 5.41) is 0. The summed E-state index contributed by atoms with van der Waals surface area (Å²) < 4.78 is 5.61. The van der Waals surface area contributed by atoms with E-state index in [1.54, 1.807) is 0 Å². The minimum Gasteiger partial charge on any atom is -0.378 e. The quantitative estimate of drug-likeness (QED) is 0.564. The van der Waals surface area contributed by atoms with Crippen LogP contribution >= 0.6 is 0 Å². The van der Waals surface area contributed by atoms with E-state index in [1.165, 1.54) is 32.1 Å². The summed E-state index contributed by atoms with van der Waals surface area (Å²) in [6.07, 6.45) is 7.00. The van der Waals surface area contributed by atoms with Crippen LogP contribution in [0.3, 0.4) is 0 Å². The van der Waals surface area contributed by atoms with Gasteiger partial charge in [0.25, 0.3) is 0 Å². The number of hydrogen-bond donors (Lipinski definition) is 0. The first-order valence-corrected chi connectivity index (χ1v) is 4.80. The van der Waals surface area contributed by atoms with Gasteiger partial charge < -0.3 is 4.74 Å². The van der Waals surface area contributed by atoms with Crippen LogP contribution in [0.25, 0.3) is 0 Å². The van der Waals surface area contributed by atoms with Crippen LogP contribution in [0.1, 0.15) is 39.0 Å². The fourth-order valence-electron chi connectivity index (χ4n) is 2.86. The lowest BCUT2D eigenvalue weighted by molar-refractivity contribution is -0.0630. The summed E-state index contributed by atoms with van der Waals surface area (Å²) in [5.74, 6) is 1.91. The average molecular weight is 154 g/mol. The Kier molecular flexibility index (Phi) is 1.71. The second-order valence-corrected chi connectivity index (χ2v) is 4.43. The van der Waals surface area contributed by atoms with Crippen molar-refractivity contribution in [2.75, 3.05) is 7.11 Å². The Labute approximate surface area is 69.1 Å². The smallest absolute Gasteiger partial charge is 0.0679 e. The minimum absolute atomic E-state index is 0.229. The van der Waals surface area contributed by atoms with Crippen LogP contribution < -0.4 is 0 Å². The largest absolute Gasteiger partial charge is 0.378 e. The van der Waals surface area contributed by atoms with Crippen molar-refractivity contribution in [2.24, 2.45) is 11.8 Å². The van der Waals surface area contributed by atoms with Gasteiger partial charge >= 0.3 is 0 Å². The molecule has 0 aromatic heterocycles. The molecule has 3 atom stereocenters. The molecule has 0 saturated heterocycles. The molecule has 2 aliphatic rings. The van der Waals surface area contributed by atoms with Crippen LogP contribution in [0.5, 0.6) is 0 Å². The summed E-state index contributed by atoms with van der Waals surface area (Å²) in [4.78, 5) is 0. The van der Waals surface area contributed by atoms with Gasteiger partial charge in [-0.2, -0.15) is 0 Å². The van der Waals surface area contributed by atoms with E-state index in [9.17, 15) is 0 Å².